The lowest BCUT2D eigenvalue weighted by Gasteiger charge is -2.09. The van der Waals surface area contributed by atoms with E-state index in [1.807, 2.05) is 13.8 Å². The van der Waals surface area contributed by atoms with Gasteiger partial charge in [-0.1, -0.05) is 48.7 Å². The molecule has 1 aromatic heterocycles. The number of halogens is 3. The molecule has 1 fully saturated rings. The molecular weight excluding hydrogens is 309 g/mol. The number of hydrogen-bond donors (Lipinski definition) is 0. The van der Waals surface area contributed by atoms with Gasteiger partial charge >= 0.3 is 0 Å². The Morgan fingerprint density at radius 3 is 2.32 bits per heavy atom. The standard InChI is InChI=1S/C13H14Cl3NO2/c1-12(2)5-8(12)10(18)7-4-9(17(3)6-7)11(19)13(14,15)16/h4,6,8H,5H2,1-3H3. The highest BCUT2D eigenvalue weighted by Gasteiger charge is 2.50. The zero-order valence-electron chi connectivity index (χ0n) is 10.8. The van der Waals surface area contributed by atoms with Gasteiger partial charge in [0.2, 0.25) is 5.78 Å². The van der Waals surface area contributed by atoms with Gasteiger partial charge < -0.3 is 4.57 Å². The fourth-order valence-electron chi connectivity index (χ4n) is 2.19. The number of nitrogens with zero attached hydrogens (tertiary/aromatic N) is 1. The molecule has 0 amide bonds. The molecule has 0 radical (unpaired) electrons. The lowest BCUT2D eigenvalue weighted by Crippen LogP contribution is -2.21. The molecule has 1 aliphatic carbocycles. The smallest absolute Gasteiger partial charge is 0.255 e. The third-order valence-corrected chi connectivity index (χ3v) is 4.12. The van der Waals surface area contributed by atoms with Crippen LogP contribution in [-0.2, 0) is 7.05 Å². The van der Waals surface area contributed by atoms with Gasteiger partial charge in [-0.15, -0.1) is 0 Å². The van der Waals surface area contributed by atoms with Crippen LogP contribution in [0, 0.1) is 11.3 Å². The molecular formula is C13H14Cl3NO2. The SMILES string of the molecule is Cn1cc(C(=O)C2CC2(C)C)cc1C(=O)C(Cl)(Cl)Cl. The molecule has 1 aromatic rings. The van der Waals surface area contributed by atoms with E-state index < -0.39 is 9.58 Å². The molecule has 1 atom stereocenters. The van der Waals surface area contributed by atoms with Crippen molar-refractivity contribution in [3.05, 3.63) is 23.5 Å². The zero-order chi connectivity index (χ0) is 14.6. The highest BCUT2D eigenvalue weighted by atomic mass is 35.6. The summed E-state index contributed by atoms with van der Waals surface area (Å²) in [5, 5.41) is 0. The van der Waals surface area contributed by atoms with Crippen LogP contribution in [-0.4, -0.2) is 19.9 Å². The molecule has 6 heteroatoms. The normalized spacial score (nSPS) is 21.3. The van der Waals surface area contributed by atoms with Crippen LogP contribution in [0.2, 0.25) is 0 Å². The van der Waals surface area contributed by atoms with Gasteiger partial charge in [0, 0.05) is 24.7 Å². The molecule has 0 saturated heterocycles. The predicted molar refractivity (Wildman–Crippen MR) is 76.3 cm³/mol. The van der Waals surface area contributed by atoms with Gasteiger partial charge in [0.25, 0.3) is 3.79 Å². The van der Waals surface area contributed by atoms with Gasteiger partial charge in [-0.2, -0.15) is 0 Å². The lowest BCUT2D eigenvalue weighted by molar-refractivity contribution is 0.0952. The van der Waals surface area contributed by atoms with Crippen molar-refractivity contribution in [1.82, 2.24) is 4.57 Å². The molecule has 0 aromatic carbocycles. The molecule has 1 saturated carbocycles. The summed E-state index contributed by atoms with van der Waals surface area (Å²) in [6, 6.07) is 1.50. The van der Waals surface area contributed by atoms with E-state index in [4.69, 9.17) is 34.8 Å². The van der Waals surface area contributed by atoms with Crippen LogP contribution in [0.15, 0.2) is 12.3 Å². The summed E-state index contributed by atoms with van der Waals surface area (Å²) >= 11 is 16.7. The van der Waals surface area contributed by atoms with Crippen molar-refractivity contribution in [1.29, 1.82) is 0 Å². The van der Waals surface area contributed by atoms with Crippen molar-refractivity contribution in [3.63, 3.8) is 0 Å². The van der Waals surface area contributed by atoms with Crippen LogP contribution in [0.4, 0.5) is 0 Å². The van der Waals surface area contributed by atoms with Gasteiger partial charge in [0.1, 0.15) is 0 Å². The Hall–Kier alpha value is -0.510. The number of ketones is 2. The number of aryl methyl sites for hydroxylation is 1. The van der Waals surface area contributed by atoms with Crippen LogP contribution in [0.5, 0.6) is 0 Å². The van der Waals surface area contributed by atoms with Crippen molar-refractivity contribution in [2.75, 3.05) is 0 Å². The summed E-state index contributed by atoms with van der Waals surface area (Å²) in [5.74, 6) is -0.566. The minimum atomic E-state index is -2.01. The first kappa shape index (κ1) is 14.9. The topological polar surface area (TPSA) is 39.1 Å². The fourth-order valence-corrected chi connectivity index (χ4v) is 2.48. The Morgan fingerprint density at radius 1 is 1.37 bits per heavy atom. The molecule has 1 aliphatic rings. The Balaban J connectivity index is 2.27. The van der Waals surface area contributed by atoms with E-state index in [1.165, 1.54) is 10.6 Å². The maximum atomic E-state index is 12.2. The maximum absolute atomic E-state index is 12.2. The van der Waals surface area contributed by atoms with Crippen molar-refractivity contribution >= 4 is 46.4 Å². The second-order valence-corrected chi connectivity index (χ2v) is 7.94. The minimum absolute atomic E-state index is 0.0191. The molecule has 0 N–H and O–H groups in total. The monoisotopic (exact) mass is 321 g/mol. The zero-order valence-corrected chi connectivity index (χ0v) is 13.1. The first-order chi connectivity index (χ1) is 8.54. The average Bonchev–Trinajstić information content (AvgIpc) is 2.73. The van der Waals surface area contributed by atoms with Crippen molar-refractivity contribution in [3.8, 4) is 0 Å². The summed E-state index contributed by atoms with van der Waals surface area (Å²) in [6.07, 6.45) is 2.48. The van der Waals surface area contributed by atoms with Crippen molar-refractivity contribution < 1.29 is 9.59 Å². The average molecular weight is 323 g/mol. The second kappa shape index (κ2) is 4.51. The molecule has 0 bridgehead atoms. The molecule has 19 heavy (non-hydrogen) atoms. The summed E-state index contributed by atoms with van der Waals surface area (Å²) < 4.78 is -0.488. The van der Waals surface area contributed by atoms with E-state index in [0.717, 1.165) is 6.42 Å². The van der Waals surface area contributed by atoms with E-state index in [-0.39, 0.29) is 22.8 Å². The van der Waals surface area contributed by atoms with Crippen LogP contribution in [0.25, 0.3) is 0 Å². The van der Waals surface area contributed by atoms with Crippen molar-refractivity contribution in [2.45, 2.75) is 24.1 Å². The highest BCUT2D eigenvalue weighted by molar-refractivity contribution is 6.77. The molecule has 2 rings (SSSR count). The Bertz CT molecular complexity index is 555. The van der Waals surface area contributed by atoms with E-state index >= 15 is 0 Å². The Morgan fingerprint density at radius 2 is 1.89 bits per heavy atom. The first-order valence-electron chi connectivity index (χ1n) is 5.86. The summed E-state index contributed by atoms with van der Waals surface area (Å²) in [7, 11) is 1.65. The van der Waals surface area contributed by atoms with Crippen LogP contribution in [0.1, 0.15) is 41.1 Å². The van der Waals surface area contributed by atoms with Gasteiger partial charge in [-0.25, -0.2) is 0 Å². The quantitative estimate of drug-likeness (QED) is 0.627. The van der Waals surface area contributed by atoms with E-state index in [9.17, 15) is 9.59 Å². The van der Waals surface area contributed by atoms with E-state index in [2.05, 4.69) is 0 Å². The van der Waals surface area contributed by atoms with E-state index in [1.54, 1.807) is 13.2 Å². The van der Waals surface area contributed by atoms with Crippen molar-refractivity contribution in [2.24, 2.45) is 18.4 Å². The number of aromatic nitrogens is 1. The number of rotatable bonds is 3. The van der Waals surface area contributed by atoms with Gasteiger partial charge in [-0.3, -0.25) is 9.59 Å². The summed E-state index contributed by atoms with van der Waals surface area (Å²) in [4.78, 5) is 24.1. The highest BCUT2D eigenvalue weighted by Crippen LogP contribution is 2.53. The number of alkyl halides is 3. The third-order valence-electron chi connectivity index (χ3n) is 3.61. The molecule has 104 valence electrons. The third kappa shape index (κ3) is 2.83. The number of carbonyl (C=O) groups is 2. The number of hydrogen-bond acceptors (Lipinski definition) is 2. The van der Waals surface area contributed by atoms with E-state index in [0.29, 0.717) is 5.56 Å². The van der Waals surface area contributed by atoms with Crippen LogP contribution < -0.4 is 0 Å². The fraction of sp³-hybridized carbons (Fsp3) is 0.538. The predicted octanol–water partition coefficient (Wildman–Crippen LogP) is 3.81. The van der Waals surface area contributed by atoms with Crippen LogP contribution in [0.3, 0.4) is 0 Å². The molecule has 3 nitrogen and oxygen atoms in total. The minimum Gasteiger partial charge on any atom is -0.347 e. The summed E-state index contributed by atoms with van der Waals surface area (Å²) in [6.45, 7) is 4.10. The summed E-state index contributed by atoms with van der Waals surface area (Å²) in [5.41, 5.74) is 0.768. The van der Waals surface area contributed by atoms with Gasteiger partial charge in [-0.05, 0) is 17.9 Å². The first-order valence-corrected chi connectivity index (χ1v) is 6.99. The van der Waals surface area contributed by atoms with Crippen LogP contribution >= 0.6 is 34.8 Å². The molecule has 1 heterocycles. The molecule has 1 unspecified atom stereocenters. The van der Waals surface area contributed by atoms with Gasteiger partial charge in [0.15, 0.2) is 5.78 Å². The number of carbonyl (C=O) groups excluding carboxylic acids is 2. The second-order valence-electron chi connectivity index (χ2n) is 5.66. The Labute approximate surface area is 126 Å². The number of Topliss-reactive ketones (excluding diaryl/α,β-unsaturated/α-hetero) is 2. The Kier molecular flexibility index (Phi) is 3.53. The maximum Gasteiger partial charge on any atom is 0.255 e. The van der Waals surface area contributed by atoms with Gasteiger partial charge in [0.05, 0.1) is 5.69 Å². The molecule has 0 aliphatic heterocycles. The lowest BCUT2D eigenvalue weighted by atomic mass is 10.0. The molecule has 0 spiro atoms. The largest absolute Gasteiger partial charge is 0.347 e.